The fourth-order valence-electron chi connectivity index (χ4n) is 3.13. The molecule has 3 aromatic rings. The lowest BCUT2D eigenvalue weighted by Crippen LogP contribution is -2.37. The van der Waals surface area contributed by atoms with Crippen LogP contribution in [0.2, 0.25) is 0 Å². The second-order valence-corrected chi connectivity index (χ2v) is 8.89. The Bertz CT molecular complexity index is 1150. The van der Waals surface area contributed by atoms with Gasteiger partial charge in [0.1, 0.15) is 10.8 Å². The summed E-state index contributed by atoms with van der Waals surface area (Å²) < 4.78 is 52.2. The van der Waals surface area contributed by atoms with E-state index >= 15 is 0 Å². The summed E-state index contributed by atoms with van der Waals surface area (Å²) in [4.78, 5) is 26.6. The van der Waals surface area contributed by atoms with Crippen LogP contribution in [-0.2, 0) is 11.0 Å². The fourth-order valence-corrected chi connectivity index (χ4v) is 3.90. The Morgan fingerprint density at radius 2 is 1.74 bits per heavy atom. The van der Waals surface area contributed by atoms with Gasteiger partial charge in [0.05, 0.1) is 11.1 Å². The molecule has 0 spiro atoms. The normalized spacial score (nSPS) is 11.5. The van der Waals surface area contributed by atoms with Gasteiger partial charge in [-0.05, 0) is 30.2 Å². The van der Waals surface area contributed by atoms with Crippen LogP contribution in [0.3, 0.4) is 0 Å². The van der Waals surface area contributed by atoms with Crippen molar-refractivity contribution < 1.29 is 27.2 Å². The van der Waals surface area contributed by atoms with E-state index in [9.17, 15) is 27.2 Å². The summed E-state index contributed by atoms with van der Waals surface area (Å²) >= 11 is 1.01. The average Bonchev–Trinajstić information content (AvgIpc) is 3.24. The number of anilines is 1. The third kappa shape index (κ3) is 6.60. The number of hydrogen-bond donors (Lipinski definition) is 1. The molecular formula is C23H22F4N4O2S. The van der Waals surface area contributed by atoms with Crippen molar-refractivity contribution in [2.75, 3.05) is 18.4 Å². The zero-order chi connectivity index (χ0) is 24.9. The van der Waals surface area contributed by atoms with Crippen LogP contribution in [0.4, 0.5) is 22.7 Å². The molecule has 0 aliphatic rings. The number of benzene rings is 2. The van der Waals surface area contributed by atoms with Crippen molar-refractivity contribution >= 4 is 28.3 Å². The van der Waals surface area contributed by atoms with Gasteiger partial charge in [0.15, 0.2) is 0 Å². The largest absolute Gasteiger partial charge is 0.416 e. The van der Waals surface area contributed by atoms with Crippen molar-refractivity contribution in [3.8, 4) is 10.6 Å². The van der Waals surface area contributed by atoms with Crippen LogP contribution in [0, 0.1) is 11.7 Å². The molecule has 2 amide bonds. The van der Waals surface area contributed by atoms with Crippen molar-refractivity contribution in [3.05, 3.63) is 65.5 Å². The molecule has 11 heteroatoms. The maximum Gasteiger partial charge on any atom is 0.416 e. The number of amides is 2. The monoisotopic (exact) mass is 494 g/mol. The van der Waals surface area contributed by atoms with E-state index in [4.69, 9.17) is 0 Å². The van der Waals surface area contributed by atoms with Crippen molar-refractivity contribution in [2.45, 2.75) is 26.4 Å². The Hall–Kier alpha value is -3.34. The van der Waals surface area contributed by atoms with Crippen molar-refractivity contribution in [2.24, 2.45) is 5.92 Å². The van der Waals surface area contributed by atoms with E-state index < -0.39 is 29.4 Å². The topological polar surface area (TPSA) is 75.2 Å². The summed E-state index contributed by atoms with van der Waals surface area (Å²) in [6.45, 7) is 4.23. The van der Waals surface area contributed by atoms with Crippen LogP contribution in [0.5, 0.6) is 0 Å². The third-order valence-electron chi connectivity index (χ3n) is 4.72. The van der Waals surface area contributed by atoms with Gasteiger partial charge in [-0.3, -0.25) is 9.59 Å². The highest BCUT2D eigenvalue weighted by atomic mass is 32.1. The van der Waals surface area contributed by atoms with E-state index in [0.29, 0.717) is 17.1 Å². The van der Waals surface area contributed by atoms with Gasteiger partial charge in [-0.15, -0.1) is 10.2 Å². The summed E-state index contributed by atoms with van der Waals surface area (Å²) in [6, 6.07) is 10.1. The van der Waals surface area contributed by atoms with Crippen molar-refractivity contribution in [1.29, 1.82) is 0 Å². The van der Waals surface area contributed by atoms with Gasteiger partial charge in [0.25, 0.3) is 5.91 Å². The highest BCUT2D eigenvalue weighted by Gasteiger charge is 2.30. The number of halogens is 4. The van der Waals surface area contributed by atoms with Crippen LogP contribution in [0.25, 0.3) is 10.6 Å². The molecule has 0 bridgehead atoms. The molecule has 0 atom stereocenters. The van der Waals surface area contributed by atoms with Gasteiger partial charge >= 0.3 is 6.18 Å². The molecule has 0 unspecified atom stereocenters. The SMILES string of the molecule is CC(C)CN(CCC(=O)Nc1nnc(-c2ccc(C(F)(F)F)cc2)s1)C(=O)c1ccccc1F. The molecule has 1 aromatic heterocycles. The van der Waals surface area contributed by atoms with Crippen LogP contribution < -0.4 is 5.32 Å². The fraction of sp³-hybridized carbons (Fsp3) is 0.304. The number of carbonyl (C=O) groups excluding carboxylic acids is 2. The first kappa shape index (κ1) is 25.3. The summed E-state index contributed by atoms with van der Waals surface area (Å²) in [7, 11) is 0. The summed E-state index contributed by atoms with van der Waals surface area (Å²) in [5.41, 5.74) is -0.399. The van der Waals surface area contributed by atoms with E-state index in [1.54, 1.807) is 6.07 Å². The average molecular weight is 495 g/mol. The van der Waals surface area contributed by atoms with Gasteiger partial charge in [-0.2, -0.15) is 13.2 Å². The van der Waals surface area contributed by atoms with E-state index in [0.717, 1.165) is 23.5 Å². The maximum absolute atomic E-state index is 14.1. The number of carbonyl (C=O) groups is 2. The third-order valence-corrected chi connectivity index (χ3v) is 5.60. The molecule has 0 aliphatic heterocycles. The lowest BCUT2D eigenvalue weighted by atomic mass is 10.1. The number of hydrogen-bond acceptors (Lipinski definition) is 5. The van der Waals surface area contributed by atoms with E-state index in [2.05, 4.69) is 15.5 Å². The van der Waals surface area contributed by atoms with Crippen LogP contribution >= 0.6 is 11.3 Å². The van der Waals surface area contributed by atoms with E-state index in [-0.39, 0.29) is 29.6 Å². The zero-order valence-electron chi connectivity index (χ0n) is 18.4. The van der Waals surface area contributed by atoms with E-state index in [1.807, 2.05) is 13.8 Å². The second kappa shape index (κ2) is 10.7. The highest BCUT2D eigenvalue weighted by molar-refractivity contribution is 7.18. The number of rotatable bonds is 8. The Labute approximate surface area is 197 Å². The first-order valence-corrected chi connectivity index (χ1v) is 11.2. The molecular weight excluding hydrogens is 472 g/mol. The minimum absolute atomic E-state index is 0.0535. The highest BCUT2D eigenvalue weighted by Crippen LogP contribution is 2.32. The molecule has 0 saturated carbocycles. The number of aromatic nitrogens is 2. The van der Waals surface area contributed by atoms with Gasteiger partial charge < -0.3 is 10.2 Å². The smallest absolute Gasteiger partial charge is 0.338 e. The maximum atomic E-state index is 14.1. The molecule has 0 fully saturated rings. The van der Waals surface area contributed by atoms with E-state index in [1.165, 1.54) is 35.2 Å². The Kier molecular flexibility index (Phi) is 7.98. The zero-order valence-corrected chi connectivity index (χ0v) is 19.2. The lowest BCUT2D eigenvalue weighted by Gasteiger charge is -2.24. The lowest BCUT2D eigenvalue weighted by molar-refractivity contribution is -0.137. The molecule has 6 nitrogen and oxygen atoms in total. The van der Waals surface area contributed by atoms with Crippen LogP contribution in [-0.4, -0.2) is 40.0 Å². The summed E-state index contributed by atoms with van der Waals surface area (Å²) in [6.07, 6.45) is -4.49. The Morgan fingerprint density at radius 3 is 2.35 bits per heavy atom. The minimum Gasteiger partial charge on any atom is -0.338 e. The number of nitrogens with zero attached hydrogens (tertiary/aromatic N) is 3. The van der Waals surface area contributed by atoms with Gasteiger partial charge in [0, 0.05) is 25.1 Å². The molecule has 0 radical (unpaired) electrons. The molecule has 34 heavy (non-hydrogen) atoms. The molecule has 1 N–H and O–H groups in total. The Balaban J connectivity index is 1.62. The molecule has 3 rings (SSSR count). The Morgan fingerprint density at radius 1 is 1.06 bits per heavy atom. The minimum atomic E-state index is -4.43. The quantitative estimate of drug-likeness (QED) is 0.420. The molecule has 1 heterocycles. The molecule has 0 aliphatic carbocycles. The number of nitrogens with one attached hydrogen (secondary N) is 1. The van der Waals surface area contributed by atoms with Crippen molar-refractivity contribution in [1.82, 2.24) is 15.1 Å². The van der Waals surface area contributed by atoms with Crippen LogP contribution in [0.15, 0.2) is 48.5 Å². The number of alkyl halides is 3. The predicted octanol–water partition coefficient (Wildman–Crippen LogP) is 5.49. The summed E-state index contributed by atoms with van der Waals surface area (Å²) in [5.74, 6) is -1.45. The van der Waals surface area contributed by atoms with Crippen LogP contribution in [0.1, 0.15) is 36.2 Å². The van der Waals surface area contributed by atoms with Gasteiger partial charge in [-0.1, -0.05) is 49.4 Å². The van der Waals surface area contributed by atoms with Gasteiger partial charge in [0.2, 0.25) is 11.0 Å². The first-order chi connectivity index (χ1) is 16.0. The second-order valence-electron chi connectivity index (χ2n) is 7.91. The van der Waals surface area contributed by atoms with Crippen molar-refractivity contribution in [3.63, 3.8) is 0 Å². The predicted molar refractivity (Wildman–Crippen MR) is 121 cm³/mol. The summed E-state index contributed by atoms with van der Waals surface area (Å²) in [5, 5.41) is 10.9. The standard InChI is InChI=1S/C23H22F4N4O2S/c1-14(2)13-31(21(33)17-5-3-4-6-18(17)24)12-11-19(32)28-22-30-29-20(34-22)15-7-9-16(10-8-15)23(25,26)27/h3-10,14H,11-13H2,1-2H3,(H,28,30,32). The van der Waals surface area contributed by atoms with Gasteiger partial charge in [-0.25, -0.2) is 4.39 Å². The molecule has 0 saturated heterocycles. The molecule has 2 aromatic carbocycles. The molecule has 180 valence electrons. The first-order valence-electron chi connectivity index (χ1n) is 10.4.